The highest BCUT2D eigenvalue weighted by Crippen LogP contribution is 2.36. The van der Waals surface area contributed by atoms with Gasteiger partial charge in [0.25, 0.3) is 5.91 Å². The lowest BCUT2D eigenvalue weighted by molar-refractivity contribution is -0.148. The molecule has 2 rings (SSSR count). The summed E-state index contributed by atoms with van der Waals surface area (Å²) < 4.78 is 11.0. The minimum Gasteiger partial charge on any atom is -0.489 e. The smallest absolute Gasteiger partial charge is 0.255 e. The van der Waals surface area contributed by atoms with Crippen molar-refractivity contribution >= 4 is 5.91 Å². The molecule has 0 bridgehead atoms. The van der Waals surface area contributed by atoms with Gasteiger partial charge in [-0.3, -0.25) is 4.79 Å². The molecule has 0 aliphatic carbocycles. The number of ether oxygens (including phenoxy) is 2. The SMILES string of the molecule is C=CCOc1ccccc1C(=O)NCC(C)(C)C1(O)CCCOC1. The summed E-state index contributed by atoms with van der Waals surface area (Å²) in [5.41, 5.74) is -0.959. The first-order valence-corrected chi connectivity index (χ1v) is 8.31. The maximum Gasteiger partial charge on any atom is 0.255 e. The van der Waals surface area contributed by atoms with Crippen LogP contribution in [-0.4, -0.2) is 43.0 Å². The first-order chi connectivity index (χ1) is 11.4. The van der Waals surface area contributed by atoms with E-state index < -0.39 is 11.0 Å². The summed E-state index contributed by atoms with van der Waals surface area (Å²) in [6.45, 7) is 9.17. The van der Waals surface area contributed by atoms with Gasteiger partial charge < -0.3 is 19.9 Å². The predicted octanol–water partition coefficient (Wildman–Crippen LogP) is 2.55. The number of hydrogen-bond donors (Lipinski definition) is 2. The molecule has 0 radical (unpaired) electrons. The second kappa shape index (κ2) is 7.81. The van der Waals surface area contributed by atoms with Crippen molar-refractivity contribution in [1.82, 2.24) is 5.32 Å². The quantitative estimate of drug-likeness (QED) is 0.753. The summed E-state index contributed by atoms with van der Waals surface area (Å²) in [5.74, 6) is 0.301. The van der Waals surface area contributed by atoms with Crippen molar-refractivity contribution in [2.24, 2.45) is 5.41 Å². The van der Waals surface area contributed by atoms with Crippen LogP contribution in [0.1, 0.15) is 37.0 Å². The van der Waals surface area contributed by atoms with Crippen molar-refractivity contribution < 1.29 is 19.4 Å². The third-order valence-corrected chi connectivity index (χ3v) is 4.66. The number of para-hydroxylation sites is 1. The van der Waals surface area contributed by atoms with E-state index in [1.165, 1.54) is 0 Å². The molecule has 1 aromatic carbocycles. The molecular formula is C19H27NO4. The Balaban J connectivity index is 2.03. The molecule has 1 unspecified atom stereocenters. The molecule has 1 aromatic rings. The van der Waals surface area contributed by atoms with Gasteiger partial charge in [0.2, 0.25) is 0 Å². The molecule has 1 saturated heterocycles. The van der Waals surface area contributed by atoms with Crippen LogP contribution < -0.4 is 10.1 Å². The number of hydrogen-bond acceptors (Lipinski definition) is 4. The molecule has 24 heavy (non-hydrogen) atoms. The highest BCUT2D eigenvalue weighted by molar-refractivity contribution is 5.96. The van der Waals surface area contributed by atoms with E-state index in [0.29, 0.717) is 44.1 Å². The van der Waals surface area contributed by atoms with Crippen LogP contribution in [-0.2, 0) is 4.74 Å². The highest BCUT2D eigenvalue weighted by Gasteiger charge is 2.44. The van der Waals surface area contributed by atoms with Gasteiger partial charge in [-0.1, -0.05) is 38.6 Å². The van der Waals surface area contributed by atoms with E-state index in [-0.39, 0.29) is 5.91 Å². The number of nitrogens with one attached hydrogen (secondary N) is 1. The third-order valence-electron chi connectivity index (χ3n) is 4.66. The molecule has 132 valence electrons. The van der Waals surface area contributed by atoms with Crippen LogP contribution in [0, 0.1) is 5.41 Å². The average molecular weight is 333 g/mol. The number of amides is 1. The number of rotatable bonds is 7. The monoisotopic (exact) mass is 333 g/mol. The molecule has 1 aliphatic rings. The third kappa shape index (κ3) is 4.16. The van der Waals surface area contributed by atoms with Crippen LogP contribution in [0.15, 0.2) is 36.9 Å². The molecule has 2 N–H and O–H groups in total. The van der Waals surface area contributed by atoms with E-state index in [1.54, 1.807) is 24.3 Å². The number of benzene rings is 1. The summed E-state index contributed by atoms with van der Waals surface area (Å²) in [7, 11) is 0. The van der Waals surface area contributed by atoms with Gasteiger partial charge in [-0.25, -0.2) is 0 Å². The van der Waals surface area contributed by atoms with Crippen LogP contribution in [0.5, 0.6) is 5.75 Å². The normalized spacial score (nSPS) is 21.1. The van der Waals surface area contributed by atoms with Gasteiger partial charge in [-0.05, 0) is 25.0 Å². The Morgan fingerprint density at radius 2 is 2.25 bits per heavy atom. The lowest BCUT2D eigenvalue weighted by atomic mass is 9.72. The highest BCUT2D eigenvalue weighted by atomic mass is 16.5. The fourth-order valence-electron chi connectivity index (χ4n) is 2.80. The van der Waals surface area contributed by atoms with Crippen LogP contribution in [0.25, 0.3) is 0 Å². The number of carbonyl (C=O) groups excluding carboxylic acids is 1. The summed E-state index contributed by atoms with van der Waals surface area (Å²) >= 11 is 0. The molecule has 1 amide bonds. The molecular weight excluding hydrogens is 306 g/mol. The van der Waals surface area contributed by atoms with E-state index in [9.17, 15) is 9.90 Å². The maximum absolute atomic E-state index is 12.5. The van der Waals surface area contributed by atoms with E-state index in [4.69, 9.17) is 9.47 Å². The van der Waals surface area contributed by atoms with Crippen molar-refractivity contribution in [2.75, 3.05) is 26.4 Å². The Morgan fingerprint density at radius 1 is 1.50 bits per heavy atom. The number of aliphatic hydroxyl groups is 1. The van der Waals surface area contributed by atoms with Crippen LogP contribution >= 0.6 is 0 Å². The molecule has 0 aromatic heterocycles. The van der Waals surface area contributed by atoms with Gasteiger partial charge in [-0.15, -0.1) is 0 Å². The standard InChI is InChI=1S/C19H27NO4/c1-4-11-24-16-9-6-5-8-15(16)17(21)20-13-18(2,3)19(22)10-7-12-23-14-19/h4-6,8-9,22H,1,7,10-14H2,2-3H3,(H,20,21). The molecule has 1 fully saturated rings. The van der Waals surface area contributed by atoms with E-state index in [0.717, 1.165) is 6.42 Å². The molecule has 5 heteroatoms. The Morgan fingerprint density at radius 3 is 2.92 bits per heavy atom. The Labute approximate surface area is 143 Å². The van der Waals surface area contributed by atoms with Crippen molar-refractivity contribution in [2.45, 2.75) is 32.3 Å². The fourth-order valence-corrected chi connectivity index (χ4v) is 2.80. The van der Waals surface area contributed by atoms with Crippen LogP contribution in [0.2, 0.25) is 0 Å². The lowest BCUT2D eigenvalue weighted by Crippen LogP contribution is -2.55. The Bertz CT molecular complexity index is 576. The first kappa shape index (κ1) is 18.5. The van der Waals surface area contributed by atoms with Crippen molar-refractivity contribution in [3.8, 4) is 5.75 Å². The molecule has 1 aliphatic heterocycles. The number of carbonyl (C=O) groups is 1. The summed E-state index contributed by atoms with van der Waals surface area (Å²) in [6, 6.07) is 7.09. The average Bonchev–Trinajstić information content (AvgIpc) is 2.58. The molecule has 1 atom stereocenters. The predicted molar refractivity (Wildman–Crippen MR) is 93.3 cm³/mol. The Kier molecular flexibility index (Phi) is 6.02. The lowest BCUT2D eigenvalue weighted by Gasteiger charge is -2.44. The Hall–Kier alpha value is -1.85. The molecule has 1 heterocycles. The van der Waals surface area contributed by atoms with Crippen molar-refractivity contribution in [3.05, 3.63) is 42.5 Å². The summed E-state index contributed by atoms with van der Waals surface area (Å²) in [4.78, 5) is 12.5. The second-order valence-corrected chi connectivity index (χ2v) is 6.85. The van der Waals surface area contributed by atoms with Gasteiger partial charge in [0, 0.05) is 18.6 Å². The van der Waals surface area contributed by atoms with Gasteiger partial charge >= 0.3 is 0 Å². The zero-order valence-electron chi connectivity index (χ0n) is 14.5. The zero-order valence-corrected chi connectivity index (χ0v) is 14.5. The molecule has 0 spiro atoms. The van der Waals surface area contributed by atoms with Crippen LogP contribution in [0.3, 0.4) is 0 Å². The maximum atomic E-state index is 12.5. The minimum absolute atomic E-state index is 0.219. The van der Waals surface area contributed by atoms with Gasteiger partial charge in [0.15, 0.2) is 0 Å². The van der Waals surface area contributed by atoms with Gasteiger partial charge in [0.1, 0.15) is 12.4 Å². The van der Waals surface area contributed by atoms with E-state index >= 15 is 0 Å². The molecule has 0 saturated carbocycles. The summed E-state index contributed by atoms with van der Waals surface area (Å²) in [5, 5.41) is 13.8. The second-order valence-electron chi connectivity index (χ2n) is 6.85. The van der Waals surface area contributed by atoms with E-state index in [1.807, 2.05) is 19.9 Å². The van der Waals surface area contributed by atoms with Crippen molar-refractivity contribution in [3.63, 3.8) is 0 Å². The largest absolute Gasteiger partial charge is 0.489 e. The van der Waals surface area contributed by atoms with E-state index in [2.05, 4.69) is 11.9 Å². The van der Waals surface area contributed by atoms with Crippen LogP contribution in [0.4, 0.5) is 0 Å². The summed E-state index contributed by atoms with van der Waals surface area (Å²) in [6.07, 6.45) is 3.14. The van der Waals surface area contributed by atoms with Gasteiger partial charge in [0.05, 0.1) is 17.8 Å². The zero-order chi connectivity index (χ0) is 17.6. The van der Waals surface area contributed by atoms with Gasteiger partial charge in [-0.2, -0.15) is 0 Å². The fraction of sp³-hybridized carbons (Fsp3) is 0.526. The topological polar surface area (TPSA) is 67.8 Å². The first-order valence-electron chi connectivity index (χ1n) is 8.31. The van der Waals surface area contributed by atoms with Crippen molar-refractivity contribution in [1.29, 1.82) is 0 Å². The minimum atomic E-state index is -0.933. The molecule has 5 nitrogen and oxygen atoms in total.